The number of benzene rings is 2. The average Bonchev–Trinajstić information content (AvgIpc) is 2.54. The van der Waals surface area contributed by atoms with E-state index >= 15 is 0 Å². The minimum Gasteiger partial charge on any atom is -0.478 e. The fourth-order valence-electron chi connectivity index (χ4n) is 2.79. The molecule has 0 aliphatic carbocycles. The molecule has 2 aromatic rings. The van der Waals surface area contributed by atoms with Crippen LogP contribution in [0.25, 0.3) is 0 Å². The maximum absolute atomic E-state index is 13.9. The molecular formula is C18H19FN2O2. The van der Waals surface area contributed by atoms with Crippen molar-refractivity contribution in [3.8, 4) is 5.75 Å². The number of anilines is 2. The summed E-state index contributed by atoms with van der Waals surface area (Å²) in [6.07, 6.45) is 0.289. The SMILES string of the molecule is CCCN1C(=O)C(Cc2ccccc2F)Oc2ccc(N)cc21. The van der Waals surface area contributed by atoms with Gasteiger partial charge in [0.2, 0.25) is 0 Å². The van der Waals surface area contributed by atoms with E-state index in [1.807, 2.05) is 6.92 Å². The van der Waals surface area contributed by atoms with E-state index < -0.39 is 6.10 Å². The van der Waals surface area contributed by atoms with Gasteiger partial charge in [-0.15, -0.1) is 0 Å². The number of rotatable bonds is 4. The van der Waals surface area contributed by atoms with Crippen molar-refractivity contribution in [3.05, 3.63) is 53.8 Å². The number of nitrogens with zero attached hydrogens (tertiary/aromatic N) is 1. The predicted octanol–water partition coefficient (Wildman–Crippen LogP) is 3.15. The van der Waals surface area contributed by atoms with Crippen LogP contribution in [-0.2, 0) is 11.2 Å². The summed E-state index contributed by atoms with van der Waals surface area (Å²) in [6.45, 7) is 2.58. The minimum absolute atomic E-state index is 0.159. The molecule has 0 bridgehead atoms. The number of halogens is 1. The summed E-state index contributed by atoms with van der Waals surface area (Å²) in [5, 5.41) is 0. The zero-order valence-electron chi connectivity index (χ0n) is 13.0. The minimum atomic E-state index is -0.727. The van der Waals surface area contributed by atoms with Crippen molar-refractivity contribution in [1.29, 1.82) is 0 Å². The zero-order valence-corrected chi connectivity index (χ0v) is 13.0. The van der Waals surface area contributed by atoms with Gasteiger partial charge in [0.15, 0.2) is 6.10 Å². The van der Waals surface area contributed by atoms with Crippen LogP contribution in [0.2, 0.25) is 0 Å². The van der Waals surface area contributed by atoms with Gasteiger partial charge in [-0.2, -0.15) is 0 Å². The van der Waals surface area contributed by atoms with Crippen molar-refractivity contribution in [3.63, 3.8) is 0 Å². The van der Waals surface area contributed by atoms with Crippen LogP contribution in [0.3, 0.4) is 0 Å². The van der Waals surface area contributed by atoms with Crippen LogP contribution in [0.5, 0.6) is 5.75 Å². The fourth-order valence-corrected chi connectivity index (χ4v) is 2.79. The molecular weight excluding hydrogens is 295 g/mol. The van der Waals surface area contributed by atoms with Gasteiger partial charge in [-0.25, -0.2) is 4.39 Å². The van der Waals surface area contributed by atoms with Crippen LogP contribution >= 0.6 is 0 Å². The lowest BCUT2D eigenvalue weighted by molar-refractivity contribution is -0.126. The Kier molecular flexibility index (Phi) is 4.19. The standard InChI is InChI=1S/C18H19FN2O2/c1-2-9-21-15-11-13(20)7-8-16(15)23-17(18(21)22)10-12-5-3-4-6-14(12)19/h3-8,11,17H,2,9-10,20H2,1H3. The number of amides is 1. The first-order valence-electron chi connectivity index (χ1n) is 7.71. The molecule has 0 saturated heterocycles. The second-order valence-corrected chi connectivity index (χ2v) is 5.62. The highest BCUT2D eigenvalue weighted by Crippen LogP contribution is 2.36. The maximum Gasteiger partial charge on any atom is 0.268 e. The van der Waals surface area contributed by atoms with E-state index in [-0.39, 0.29) is 18.1 Å². The molecule has 1 atom stereocenters. The van der Waals surface area contributed by atoms with Gasteiger partial charge in [0.05, 0.1) is 5.69 Å². The predicted molar refractivity (Wildman–Crippen MR) is 88.0 cm³/mol. The van der Waals surface area contributed by atoms with Crippen LogP contribution in [0.1, 0.15) is 18.9 Å². The van der Waals surface area contributed by atoms with Crippen molar-refractivity contribution >= 4 is 17.3 Å². The highest BCUT2D eigenvalue weighted by Gasteiger charge is 2.34. The van der Waals surface area contributed by atoms with Gasteiger partial charge < -0.3 is 15.4 Å². The van der Waals surface area contributed by atoms with Crippen LogP contribution in [0, 0.1) is 5.82 Å². The van der Waals surface area contributed by atoms with Gasteiger partial charge in [-0.05, 0) is 36.2 Å². The number of ether oxygens (including phenoxy) is 1. The third-order valence-corrected chi connectivity index (χ3v) is 3.89. The number of hydrogen-bond donors (Lipinski definition) is 1. The fraction of sp³-hybridized carbons (Fsp3) is 0.278. The molecule has 1 amide bonds. The van der Waals surface area contributed by atoms with E-state index in [1.54, 1.807) is 41.3 Å². The molecule has 2 N–H and O–H groups in total. The molecule has 0 spiro atoms. The average molecular weight is 314 g/mol. The third kappa shape index (κ3) is 2.99. The van der Waals surface area contributed by atoms with Crippen LogP contribution < -0.4 is 15.4 Å². The molecule has 0 aromatic heterocycles. The number of carbonyl (C=O) groups is 1. The molecule has 1 heterocycles. The molecule has 0 saturated carbocycles. The summed E-state index contributed by atoms with van der Waals surface area (Å²) in [7, 11) is 0. The highest BCUT2D eigenvalue weighted by atomic mass is 19.1. The van der Waals surface area contributed by atoms with Gasteiger partial charge in [0.25, 0.3) is 5.91 Å². The molecule has 0 radical (unpaired) electrons. The Morgan fingerprint density at radius 1 is 1.26 bits per heavy atom. The Bertz CT molecular complexity index is 733. The van der Waals surface area contributed by atoms with Crippen LogP contribution in [0.15, 0.2) is 42.5 Å². The molecule has 3 rings (SSSR count). The molecule has 120 valence electrons. The van der Waals surface area contributed by atoms with Crippen molar-refractivity contribution in [2.24, 2.45) is 0 Å². The Balaban J connectivity index is 1.93. The van der Waals surface area contributed by atoms with Gasteiger partial charge in [-0.3, -0.25) is 4.79 Å². The lowest BCUT2D eigenvalue weighted by atomic mass is 10.0. The van der Waals surface area contributed by atoms with E-state index in [1.165, 1.54) is 6.07 Å². The van der Waals surface area contributed by atoms with Crippen LogP contribution in [-0.4, -0.2) is 18.6 Å². The lowest BCUT2D eigenvalue weighted by Crippen LogP contribution is -2.47. The first-order chi connectivity index (χ1) is 11.1. The summed E-state index contributed by atoms with van der Waals surface area (Å²) >= 11 is 0. The van der Waals surface area contributed by atoms with E-state index in [0.717, 1.165) is 6.42 Å². The molecule has 1 unspecified atom stereocenters. The largest absolute Gasteiger partial charge is 0.478 e. The van der Waals surface area contributed by atoms with Gasteiger partial charge >= 0.3 is 0 Å². The normalized spacial score (nSPS) is 16.9. The van der Waals surface area contributed by atoms with E-state index in [0.29, 0.717) is 29.2 Å². The molecule has 4 nitrogen and oxygen atoms in total. The quantitative estimate of drug-likeness (QED) is 0.882. The molecule has 0 fully saturated rings. The number of carbonyl (C=O) groups excluding carboxylic acids is 1. The second kappa shape index (κ2) is 6.28. The first-order valence-corrected chi connectivity index (χ1v) is 7.71. The smallest absolute Gasteiger partial charge is 0.268 e. The summed E-state index contributed by atoms with van der Waals surface area (Å²) < 4.78 is 19.7. The topological polar surface area (TPSA) is 55.6 Å². The number of fused-ring (bicyclic) bond motifs is 1. The van der Waals surface area contributed by atoms with E-state index in [2.05, 4.69) is 0 Å². The third-order valence-electron chi connectivity index (χ3n) is 3.89. The van der Waals surface area contributed by atoms with Crippen molar-refractivity contribution < 1.29 is 13.9 Å². The Labute approximate surface area is 134 Å². The van der Waals surface area contributed by atoms with Gasteiger partial charge in [0, 0.05) is 18.7 Å². The van der Waals surface area contributed by atoms with Gasteiger partial charge in [-0.1, -0.05) is 25.1 Å². The van der Waals surface area contributed by atoms with Gasteiger partial charge in [0.1, 0.15) is 11.6 Å². The van der Waals surface area contributed by atoms with Crippen LogP contribution in [0.4, 0.5) is 15.8 Å². The molecule has 2 aromatic carbocycles. The highest BCUT2D eigenvalue weighted by molar-refractivity contribution is 6.00. The summed E-state index contributed by atoms with van der Waals surface area (Å²) in [6, 6.07) is 11.7. The van der Waals surface area contributed by atoms with Crippen molar-refractivity contribution in [2.45, 2.75) is 25.9 Å². The summed E-state index contributed by atoms with van der Waals surface area (Å²) in [4.78, 5) is 14.4. The second-order valence-electron chi connectivity index (χ2n) is 5.62. The number of nitrogens with two attached hydrogens (primary N) is 1. The number of hydrogen-bond acceptors (Lipinski definition) is 3. The molecule has 23 heavy (non-hydrogen) atoms. The van der Waals surface area contributed by atoms with E-state index in [9.17, 15) is 9.18 Å². The molecule has 5 heteroatoms. The summed E-state index contributed by atoms with van der Waals surface area (Å²) in [5.74, 6) is 0.121. The van der Waals surface area contributed by atoms with E-state index in [4.69, 9.17) is 10.5 Å². The Hall–Kier alpha value is -2.56. The zero-order chi connectivity index (χ0) is 16.4. The maximum atomic E-state index is 13.9. The van der Waals surface area contributed by atoms with Crippen molar-refractivity contribution in [2.75, 3.05) is 17.2 Å². The molecule has 1 aliphatic rings. The molecule has 1 aliphatic heterocycles. The summed E-state index contributed by atoms with van der Waals surface area (Å²) in [5.41, 5.74) is 7.55. The monoisotopic (exact) mass is 314 g/mol. The first kappa shape index (κ1) is 15.3. The lowest BCUT2D eigenvalue weighted by Gasteiger charge is -2.34. The number of nitrogen functional groups attached to an aromatic ring is 1. The van der Waals surface area contributed by atoms with Crippen molar-refractivity contribution in [1.82, 2.24) is 0 Å². The Morgan fingerprint density at radius 3 is 2.78 bits per heavy atom. The Morgan fingerprint density at radius 2 is 2.04 bits per heavy atom.